The smallest absolute Gasteiger partial charge is 0.244 e. The molecule has 2 amide bonds. The SMILES string of the molecule is Cc1cccc(N(CC(=O)N(Cc2cccc(Cl)c2)C(C)C(=O)NCC(C)C)S(C)(=O)=O)c1C. The third kappa shape index (κ3) is 7.46. The van der Waals surface area contributed by atoms with Crippen LogP contribution in [0, 0.1) is 19.8 Å². The second-order valence-electron chi connectivity index (χ2n) is 8.96. The number of rotatable bonds is 10. The molecule has 186 valence electrons. The van der Waals surface area contributed by atoms with Crippen molar-refractivity contribution in [1.29, 1.82) is 0 Å². The van der Waals surface area contributed by atoms with Crippen LogP contribution in [0.5, 0.6) is 0 Å². The predicted octanol–water partition coefficient (Wildman–Crippen LogP) is 3.91. The van der Waals surface area contributed by atoms with Crippen LogP contribution in [0.15, 0.2) is 42.5 Å². The summed E-state index contributed by atoms with van der Waals surface area (Å²) in [6, 6.07) is 11.5. The van der Waals surface area contributed by atoms with Gasteiger partial charge in [-0.2, -0.15) is 0 Å². The average Bonchev–Trinajstić information content (AvgIpc) is 2.75. The highest BCUT2D eigenvalue weighted by Crippen LogP contribution is 2.25. The Morgan fingerprint density at radius 2 is 1.71 bits per heavy atom. The zero-order valence-corrected chi connectivity index (χ0v) is 22.2. The number of hydrogen-bond donors (Lipinski definition) is 1. The van der Waals surface area contributed by atoms with Crippen molar-refractivity contribution in [3.05, 3.63) is 64.2 Å². The van der Waals surface area contributed by atoms with Crippen molar-refractivity contribution in [3.8, 4) is 0 Å². The molecule has 0 fully saturated rings. The summed E-state index contributed by atoms with van der Waals surface area (Å²) < 4.78 is 26.5. The van der Waals surface area contributed by atoms with E-state index in [0.717, 1.165) is 27.3 Å². The Labute approximate surface area is 208 Å². The molecule has 1 N–H and O–H groups in total. The molecule has 7 nitrogen and oxygen atoms in total. The second kappa shape index (κ2) is 11.7. The van der Waals surface area contributed by atoms with Crippen LogP contribution in [0.25, 0.3) is 0 Å². The van der Waals surface area contributed by atoms with E-state index in [4.69, 9.17) is 11.6 Å². The minimum Gasteiger partial charge on any atom is -0.354 e. The number of halogens is 1. The largest absolute Gasteiger partial charge is 0.354 e. The van der Waals surface area contributed by atoms with Gasteiger partial charge in [0.2, 0.25) is 21.8 Å². The van der Waals surface area contributed by atoms with Crippen molar-refractivity contribution >= 4 is 39.1 Å². The van der Waals surface area contributed by atoms with Gasteiger partial charge >= 0.3 is 0 Å². The fourth-order valence-corrected chi connectivity index (χ4v) is 4.58. The van der Waals surface area contributed by atoms with Crippen LogP contribution >= 0.6 is 11.6 Å². The van der Waals surface area contributed by atoms with Crippen LogP contribution in [0.2, 0.25) is 5.02 Å². The summed E-state index contributed by atoms with van der Waals surface area (Å²) in [5, 5.41) is 3.36. The lowest BCUT2D eigenvalue weighted by molar-refractivity contribution is -0.139. The van der Waals surface area contributed by atoms with Crippen molar-refractivity contribution in [2.24, 2.45) is 5.92 Å². The molecule has 0 radical (unpaired) electrons. The lowest BCUT2D eigenvalue weighted by Gasteiger charge is -2.32. The first kappa shape index (κ1) is 27.7. The van der Waals surface area contributed by atoms with Crippen LogP contribution in [-0.2, 0) is 26.2 Å². The van der Waals surface area contributed by atoms with Gasteiger partial charge in [0.15, 0.2) is 0 Å². The van der Waals surface area contributed by atoms with Crippen LogP contribution in [-0.4, -0.2) is 50.5 Å². The predicted molar refractivity (Wildman–Crippen MR) is 137 cm³/mol. The maximum Gasteiger partial charge on any atom is 0.244 e. The van der Waals surface area contributed by atoms with E-state index in [1.807, 2.05) is 39.8 Å². The summed E-state index contributed by atoms with van der Waals surface area (Å²) in [6.45, 7) is 9.46. The summed E-state index contributed by atoms with van der Waals surface area (Å²) in [5.41, 5.74) is 2.86. The fraction of sp³-hybridized carbons (Fsp3) is 0.440. The molecule has 1 unspecified atom stereocenters. The molecule has 0 aliphatic carbocycles. The molecule has 0 saturated carbocycles. The van der Waals surface area contributed by atoms with Gasteiger partial charge in [-0.25, -0.2) is 8.42 Å². The Bertz CT molecular complexity index is 1130. The molecule has 34 heavy (non-hydrogen) atoms. The van der Waals surface area contributed by atoms with Crippen molar-refractivity contribution < 1.29 is 18.0 Å². The van der Waals surface area contributed by atoms with Gasteiger partial charge in [0, 0.05) is 18.1 Å². The quantitative estimate of drug-likeness (QED) is 0.528. The molecule has 2 aromatic rings. The standard InChI is InChI=1S/C25H34ClN3O4S/c1-17(2)14-27-25(31)20(5)28(15-21-10-8-11-22(26)13-21)24(30)16-29(34(6,32)33)23-12-7-9-18(3)19(23)4/h7-13,17,20H,14-16H2,1-6H3,(H,27,31). The molecule has 0 aliphatic heterocycles. The van der Waals surface area contributed by atoms with Gasteiger partial charge in [-0.1, -0.05) is 49.7 Å². The van der Waals surface area contributed by atoms with Gasteiger partial charge in [0.1, 0.15) is 12.6 Å². The third-order valence-electron chi connectivity index (χ3n) is 5.62. The topological polar surface area (TPSA) is 86.8 Å². The normalized spacial score (nSPS) is 12.4. The monoisotopic (exact) mass is 507 g/mol. The molecule has 2 rings (SSSR count). The highest BCUT2D eigenvalue weighted by Gasteiger charge is 2.30. The highest BCUT2D eigenvalue weighted by molar-refractivity contribution is 7.92. The van der Waals surface area contributed by atoms with E-state index >= 15 is 0 Å². The van der Waals surface area contributed by atoms with Gasteiger partial charge < -0.3 is 10.2 Å². The first-order chi connectivity index (χ1) is 15.8. The number of sulfonamides is 1. The maximum absolute atomic E-state index is 13.6. The molecule has 0 heterocycles. The molecule has 2 aromatic carbocycles. The zero-order valence-electron chi connectivity index (χ0n) is 20.6. The van der Waals surface area contributed by atoms with Crippen LogP contribution in [0.1, 0.15) is 37.5 Å². The number of carbonyl (C=O) groups is 2. The van der Waals surface area contributed by atoms with Crippen molar-refractivity contribution in [2.45, 2.75) is 47.2 Å². The molecule has 0 spiro atoms. The lowest BCUT2D eigenvalue weighted by Crippen LogP contribution is -2.51. The van der Waals surface area contributed by atoms with E-state index in [-0.39, 0.29) is 18.4 Å². The zero-order chi connectivity index (χ0) is 25.6. The van der Waals surface area contributed by atoms with E-state index in [1.54, 1.807) is 37.3 Å². The average molecular weight is 508 g/mol. The fourth-order valence-electron chi connectivity index (χ4n) is 3.47. The van der Waals surface area contributed by atoms with Crippen molar-refractivity contribution in [2.75, 3.05) is 23.7 Å². The molecular formula is C25H34ClN3O4S. The van der Waals surface area contributed by atoms with E-state index < -0.39 is 28.5 Å². The third-order valence-corrected chi connectivity index (χ3v) is 6.98. The number of carbonyl (C=O) groups excluding carboxylic acids is 2. The van der Waals surface area contributed by atoms with E-state index in [9.17, 15) is 18.0 Å². The number of benzene rings is 2. The first-order valence-corrected chi connectivity index (χ1v) is 13.4. The molecule has 0 saturated heterocycles. The van der Waals surface area contributed by atoms with Crippen LogP contribution in [0.4, 0.5) is 5.69 Å². The van der Waals surface area contributed by atoms with E-state index in [1.165, 1.54) is 4.90 Å². The summed E-state index contributed by atoms with van der Waals surface area (Å²) in [5.74, 6) is -0.543. The number of hydrogen-bond acceptors (Lipinski definition) is 4. The summed E-state index contributed by atoms with van der Waals surface area (Å²) in [6.07, 6.45) is 1.07. The minimum absolute atomic E-state index is 0.111. The molecule has 1 atom stereocenters. The van der Waals surface area contributed by atoms with Crippen LogP contribution < -0.4 is 9.62 Å². The Balaban J connectivity index is 2.41. The Kier molecular flexibility index (Phi) is 9.53. The molecule has 9 heteroatoms. The Morgan fingerprint density at radius 1 is 1.06 bits per heavy atom. The highest BCUT2D eigenvalue weighted by atomic mass is 35.5. The number of aryl methyl sites for hydroxylation is 1. The van der Waals surface area contributed by atoms with E-state index in [0.29, 0.717) is 17.3 Å². The Morgan fingerprint density at radius 3 is 2.29 bits per heavy atom. The molecule has 0 aromatic heterocycles. The van der Waals surface area contributed by atoms with Gasteiger partial charge in [-0.15, -0.1) is 0 Å². The number of nitrogens with zero attached hydrogens (tertiary/aromatic N) is 2. The van der Waals surface area contributed by atoms with Crippen LogP contribution in [0.3, 0.4) is 0 Å². The van der Waals surface area contributed by atoms with Gasteiger partial charge in [-0.3, -0.25) is 13.9 Å². The summed E-state index contributed by atoms with van der Waals surface area (Å²) in [7, 11) is -3.77. The summed E-state index contributed by atoms with van der Waals surface area (Å²) >= 11 is 6.12. The summed E-state index contributed by atoms with van der Waals surface area (Å²) in [4.78, 5) is 27.8. The van der Waals surface area contributed by atoms with Crippen molar-refractivity contribution in [1.82, 2.24) is 10.2 Å². The molecule has 0 bridgehead atoms. The first-order valence-electron chi connectivity index (χ1n) is 11.2. The van der Waals surface area contributed by atoms with Gasteiger partial charge in [0.25, 0.3) is 0 Å². The van der Waals surface area contributed by atoms with Crippen molar-refractivity contribution in [3.63, 3.8) is 0 Å². The second-order valence-corrected chi connectivity index (χ2v) is 11.3. The number of amides is 2. The minimum atomic E-state index is -3.77. The number of nitrogens with one attached hydrogen (secondary N) is 1. The number of anilines is 1. The lowest BCUT2D eigenvalue weighted by atomic mass is 10.1. The van der Waals surface area contributed by atoms with E-state index in [2.05, 4.69) is 5.32 Å². The van der Waals surface area contributed by atoms with Gasteiger partial charge in [-0.05, 0) is 61.6 Å². The van der Waals surface area contributed by atoms with Gasteiger partial charge in [0.05, 0.1) is 11.9 Å². The maximum atomic E-state index is 13.6. The molecular weight excluding hydrogens is 474 g/mol. The Hall–Kier alpha value is -2.58. The molecule has 0 aliphatic rings.